The van der Waals surface area contributed by atoms with Gasteiger partial charge in [-0.25, -0.2) is 0 Å². The van der Waals surface area contributed by atoms with Gasteiger partial charge in [0.25, 0.3) is 0 Å². The van der Waals surface area contributed by atoms with Crippen LogP contribution in [0.25, 0.3) is 0 Å². The first kappa shape index (κ1) is 11.1. The monoisotopic (exact) mass is 216 g/mol. The molecule has 2 atom stereocenters. The van der Waals surface area contributed by atoms with E-state index in [1.165, 1.54) is 11.6 Å². The van der Waals surface area contributed by atoms with Gasteiger partial charge in [0.2, 0.25) is 0 Å². The standard InChI is InChI=1S/C14H16O2/c1-8-6-9(2)13(10(3)7-8)14-11(15)4-5-12(14)16/h4-7,11,14-15H,1-3H3/t11-,14+/m1/s1. The fourth-order valence-corrected chi connectivity index (χ4v) is 2.57. The first-order valence-electron chi connectivity index (χ1n) is 5.48. The number of hydrogen-bond acceptors (Lipinski definition) is 2. The van der Waals surface area contributed by atoms with Crippen molar-refractivity contribution < 1.29 is 9.90 Å². The summed E-state index contributed by atoms with van der Waals surface area (Å²) in [5, 5.41) is 9.82. The van der Waals surface area contributed by atoms with Gasteiger partial charge in [-0.2, -0.15) is 0 Å². The number of hydrogen-bond donors (Lipinski definition) is 1. The maximum atomic E-state index is 11.7. The maximum Gasteiger partial charge on any atom is 0.165 e. The van der Waals surface area contributed by atoms with Gasteiger partial charge in [-0.1, -0.05) is 23.8 Å². The van der Waals surface area contributed by atoms with Crippen LogP contribution >= 0.6 is 0 Å². The summed E-state index contributed by atoms with van der Waals surface area (Å²) in [5.74, 6) is -0.400. The quantitative estimate of drug-likeness (QED) is 0.781. The van der Waals surface area contributed by atoms with Gasteiger partial charge in [0.15, 0.2) is 5.78 Å². The van der Waals surface area contributed by atoms with Crippen LogP contribution in [0.5, 0.6) is 0 Å². The molecule has 0 heterocycles. The number of aliphatic hydroxyl groups is 1. The summed E-state index contributed by atoms with van der Waals surface area (Å²) in [7, 11) is 0. The predicted octanol–water partition coefficient (Wildman–Crippen LogP) is 2.20. The molecule has 0 bridgehead atoms. The molecule has 1 aromatic carbocycles. The number of benzene rings is 1. The summed E-state index contributed by atoms with van der Waals surface area (Å²) >= 11 is 0. The van der Waals surface area contributed by atoms with Crippen LogP contribution in [-0.4, -0.2) is 17.0 Å². The van der Waals surface area contributed by atoms with Gasteiger partial charge < -0.3 is 5.11 Å². The third-order valence-electron chi connectivity index (χ3n) is 3.15. The van der Waals surface area contributed by atoms with Gasteiger partial charge in [0, 0.05) is 0 Å². The van der Waals surface area contributed by atoms with Gasteiger partial charge in [0.05, 0.1) is 12.0 Å². The minimum Gasteiger partial charge on any atom is -0.388 e. The fraction of sp³-hybridized carbons (Fsp3) is 0.357. The van der Waals surface area contributed by atoms with Crippen LogP contribution in [0.2, 0.25) is 0 Å². The van der Waals surface area contributed by atoms with Crippen molar-refractivity contribution in [3.63, 3.8) is 0 Å². The van der Waals surface area contributed by atoms with Crippen LogP contribution in [0.1, 0.15) is 28.2 Å². The molecular weight excluding hydrogens is 200 g/mol. The predicted molar refractivity (Wildman–Crippen MR) is 63.5 cm³/mol. The van der Waals surface area contributed by atoms with Crippen molar-refractivity contribution >= 4 is 5.78 Å². The molecule has 16 heavy (non-hydrogen) atoms. The van der Waals surface area contributed by atoms with E-state index in [9.17, 15) is 9.90 Å². The summed E-state index contributed by atoms with van der Waals surface area (Å²) < 4.78 is 0. The van der Waals surface area contributed by atoms with E-state index < -0.39 is 12.0 Å². The lowest BCUT2D eigenvalue weighted by Crippen LogP contribution is -2.20. The van der Waals surface area contributed by atoms with Crippen molar-refractivity contribution in [2.45, 2.75) is 32.8 Å². The summed E-state index contributed by atoms with van der Waals surface area (Å²) in [4.78, 5) is 11.7. The lowest BCUT2D eigenvalue weighted by molar-refractivity contribution is -0.116. The lowest BCUT2D eigenvalue weighted by atomic mass is 9.86. The molecule has 2 rings (SSSR count). The molecule has 2 nitrogen and oxygen atoms in total. The molecule has 0 spiro atoms. The molecule has 0 radical (unpaired) electrons. The topological polar surface area (TPSA) is 37.3 Å². The van der Waals surface area contributed by atoms with Crippen LogP contribution in [0.3, 0.4) is 0 Å². The average molecular weight is 216 g/mol. The van der Waals surface area contributed by atoms with Crippen LogP contribution in [0, 0.1) is 20.8 Å². The molecule has 0 aromatic heterocycles. The Morgan fingerprint density at radius 1 is 1.12 bits per heavy atom. The molecule has 0 fully saturated rings. The average Bonchev–Trinajstić information content (AvgIpc) is 2.47. The van der Waals surface area contributed by atoms with Crippen molar-refractivity contribution in [1.29, 1.82) is 0 Å². The zero-order chi connectivity index (χ0) is 11.9. The number of aliphatic hydroxyl groups excluding tert-OH is 1. The van der Waals surface area contributed by atoms with E-state index in [1.807, 2.05) is 20.8 Å². The van der Waals surface area contributed by atoms with E-state index in [4.69, 9.17) is 0 Å². The number of carbonyl (C=O) groups excluding carboxylic acids is 1. The highest BCUT2D eigenvalue weighted by Gasteiger charge is 2.32. The molecule has 1 N–H and O–H groups in total. The third-order valence-corrected chi connectivity index (χ3v) is 3.15. The zero-order valence-electron chi connectivity index (χ0n) is 9.82. The SMILES string of the molecule is Cc1cc(C)c([C@@H]2C(=O)C=C[C@H]2O)c(C)c1. The largest absolute Gasteiger partial charge is 0.388 e. The van der Waals surface area contributed by atoms with Gasteiger partial charge in [-0.15, -0.1) is 0 Å². The molecule has 0 aliphatic heterocycles. The summed E-state index contributed by atoms with van der Waals surface area (Å²) in [6, 6.07) is 4.11. The maximum absolute atomic E-state index is 11.7. The minimum absolute atomic E-state index is 0.00236. The molecule has 1 aliphatic carbocycles. The number of aryl methyl sites for hydroxylation is 3. The molecule has 2 heteroatoms. The molecule has 0 unspecified atom stereocenters. The number of carbonyl (C=O) groups is 1. The van der Waals surface area contributed by atoms with E-state index in [-0.39, 0.29) is 5.78 Å². The Hall–Kier alpha value is -1.41. The second-order valence-corrected chi connectivity index (χ2v) is 4.54. The molecule has 0 saturated carbocycles. The molecule has 1 aromatic rings. The number of rotatable bonds is 1. The number of ketones is 1. The lowest BCUT2D eigenvalue weighted by Gasteiger charge is -2.19. The summed E-state index contributed by atoms with van der Waals surface area (Å²) in [6.07, 6.45) is 2.38. The van der Waals surface area contributed by atoms with Crippen LogP contribution < -0.4 is 0 Å². The van der Waals surface area contributed by atoms with Crippen LogP contribution in [-0.2, 0) is 4.79 Å². The van der Waals surface area contributed by atoms with Crippen molar-refractivity contribution in [1.82, 2.24) is 0 Å². The normalized spacial score (nSPS) is 24.1. The molecule has 0 saturated heterocycles. The van der Waals surface area contributed by atoms with E-state index in [0.717, 1.165) is 16.7 Å². The summed E-state index contributed by atoms with van der Waals surface area (Å²) in [6.45, 7) is 6.02. The van der Waals surface area contributed by atoms with E-state index in [0.29, 0.717) is 0 Å². The molecule has 0 amide bonds. The Bertz CT molecular complexity index is 449. The first-order chi connectivity index (χ1) is 7.50. The second-order valence-electron chi connectivity index (χ2n) is 4.54. The third kappa shape index (κ3) is 1.69. The Morgan fingerprint density at radius 3 is 2.12 bits per heavy atom. The van der Waals surface area contributed by atoms with Crippen molar-refractivity contribution in [3.8, 4) is 0 Å². The van der Waals surface area contributed by atoms with E-state index in [1.54, 1.807) is 6.08 Å². The highest BCUT2D eigenvalue weighted by Crippen LogP contribution is 2.32. The Kier molecular flexibility index (Phi) is 2.68. The van der Waals surface area contributed by atoms with Gasteiger partial charge in [-0.05, 0) is 43.5 Å². The van der Waals surface area contributed by atoms with Gasteiger partial charge >= 0.3 is 0 Å². The van der Waals surface area contributed by atoms with Crippen LogP contribution in [0.15, 0.2) is 24.3 Å². The molecule has 84 valence electrons. The van der Waals surface area contributed by atoms with Gasteiger partial charge in [-0.3, -0.25) is 4.79 Å². The van der Waals surface area contributed by atoms with Gasteiger partial charge in [0.1, 0.15) is 0 Å². The first-order valence-corrected chi connectivity index (χ1v) is 5.48. The molecular formula is C14H16O2. The highest BCUT2D eigenvalue weighted by molar-refractivity contribution is 5.99. The minimum atomic E-state index is -0.674. The fourth-order valence-electron chi connectivity index (χ4n) is 2.57. The Morgan fingerprint density at radius 2 is 1.69 bits per heavy atom. The number of allylic oxidation sites excluding steroid dienone is 1. The highest BCUT2D eigenvalue weighted by atomic mass is 16.3. The van der Waals surface area contributed by atoms with Crippen molar-refractivity contribution in [3.05, 3.63) is 46.5 Å². The summed E-state index contributed by atoms with van der Waals surface area (Å²) in [5.41, 5.74) is 4.33. The second kappa shape index (κ2) is 3.87. The van der Waals surface area contributed by atoms with E-state index in [2.05, 4.69) is 12.1 Å². The van der Waals surface area contributed by atoms with Crippen molar-refractivity contribution in [2.24, 2.45) is 0 Å². The van der Waals surface area contributed by atoms with Crippen molar-refractivity contribution in [2.75, 3.05) is 0 Å². The smallest absolute Gasteiger partial charge is 0.165 e. The molecule has 1 aliphatic rings. The zero-order valence-corrected chi connectivity index (χ0v) is 9.82. The van der Waals surface area contributed by atoms with Crippen LogP contribution in [0.4, 0.5) is 0 Å². The van der Waals surface area contributed by atoms with E-state index >= 15 is 0 Å². The Balaban J connectivity index is 2.53. The Labute approximate surface area is 95.6 Å².